The van der Waals surface area contributed by atoms with Crippen LogP contribution in [0, 0.1) is 11.7 Å². The molecule has 6 nitrogen and oxygen atoms in total. The first-order chi connectivity index (χ1) is 15.8. The fourth-order valence-corrected chi connectivity index (χ4v) is 4.01. The molecule has 1 unspecified atom stereocenters. The van der Waals surface area contributed by atoms with E-state index in [4.69, 9.17) is 0 Å². The van der Waals surface area contributed by atoms with E-state index < -0.39 is 29.3 Å². The smallest absolute Gasteiger partial charge is 0.350 e. The molecule has 2 aromatic carbocycles. The first-order valence-corrected chi connectivity index (χ1v) is 10.6. The Morgan fingerprint density at radius 2 is 1.91 bits per heavy atom. The number of carbonyl (C=O) groups is 1. The Labute approximate surface area is 188 Å². The lowest BCUT2D eigenvalue weighted by atomic mass is 10.1. The van der Waals surface area contributed by atoms with Crippen LogP contribution in [-0.4, -0.2) is 52.0 Å². The van der Waals surface area contributed by atoms with Crippen LogP contribution >= 0.6 is 0 Å². The molecule has 0 aliphatic carbocycles. The fraction of sp³-hybridized carbons (Fsp3) is 0.348. The van der Waals surface area contributed by atoms with Crippen molar-refractivity contribution in [1.82, 2.24) is 25.2 Å². The maximum Gasteiger partial charge on any atom is 0.435 e. The van der Waals surface area contributed by atoms with Crippen LogP contribution in [0.2, 0.25) is 0 Å². The molecule has 1 saturated heterocycles. The molecule has 4 rings (SSSR count). The molecular weight excluding hydrogens is 438 g/mol. The number of nitrogens with one attached hydrogen (secondary N) is 1. The van der Waals surface area contributed by atoms with Gasteiger partial charge < -0.3 is 10.2 Å². The monoisotopic (exact) mass is 461 g/mol. The normalized spacial score (nSPS) is 16.8. The topological polar surface area (TPSA) is 63.1 Å². The van der Waals surface area contributed by atoms with E-state index in [1.807, 2.05) is 18.2 Å². The van der Waals surface area contributed by atoms with Gasteiger partial charge in [0.05, 0.1) is 5.69 Å². The Morgan fingerprint density at radius 1 is 1.12 bits per heavy atom. The van der Waals surface area contributed by atoms with E-state index >= 15 is 0 Å². The number of hydrogen-bond acceptors (Lipinski definition) is 4. The molecule has 3 aromatic rings. The highest BCUT2D eigenvalue weighted by molar-refractivity contribution is 5.93. The SMILES string of the molecule is O=C(NCC1CCN(CCc2ccccc2)C1)c1nnn(-c2cccc(F)c2)c1C(F)(F)F. The summed E-state index contributed by atoms with van der Waals surface area (Å²) in [5.74, 6) is -1.54. The summed E-state index contributed by atoms with van der Waals surface area (Å²) >= 11 is 0. The van der Waals surface area contributed by atoms with Crippen LogP contribution in [0.3, 0.4) is 0 Å². The lowest BCUT2D eigenvalue weighted by molar-refractivity contribution is -0.143. The van der Waals surface area contributed by atoms with Crippen LogP contribution in [0.4, 0.5) is 17.6 Å². The number of rotatable bonds is 7. The summed E-state index contributed by atoms with van der Waals surface area (Å²) in [5, 5.41) is 9.50. The van der Waals surface area contributed by atoms with Crippen molar-refractivity contribution in [3.63, 3.8) is 0 Å². The van der Waals surface area contributed by atoms with E-state index in [0.717, 1.165) is 44.6 Å². The van der Waals surface area contributed by atoms with E-state index in [1.165, 1.54) is 17.7 Å². The molecular formula is C23H23F4N5O. The first-order valence-electron chi connectivity index (χ1n) is 10.6. The molecule has 1 amide bonds. The number of alkyl halides is 3. The minimum absolute atomic E-state index is 0.136. The molecule has 1 atom stereocenters. The molecule has 1 aliphatic rings. The molecule has 10 heteroatoms. The second kappa shape index (κ2) is 9.70. The van der Waals surface area contributed by atoms with Crippen molar-refractivity contribution in [2.45, 2.75) is 19.0 Å². The third-order valence-corrected chi connectivity index (χ3v) is 5.69. The average molecular weight is 461 g/mol. The largest absolute Gasteiger partial charge is 0.435 e. The molecule has 2 heterocycles. The Hall–Kier alpha value is -3.27. The molecule has 1 aromatic heterocycles. The zero-order valence-electron chi connectivity index (χ0n) is 17.7. The quantitative estimate of drug-likeness (QED) is 0.545. The van der Waals surface area contributed by atoms with Crippen LogP contribution in [-0.2, 0) is 12.6 Å². The molecule has 0 bridgehead atoms. The van der Waals surface area contributed by atoms with Crippen molar-refractivity contribution in [2.75, 3.05) is 26.2 Å². The zero-order valence-corrected chi connectivity index (χ0v) is 17.7. The number of benzene rings is 2. The second-order valence-electron chi connectivity index (χ2n) is 8.08. The number of likely N-dealkylation sites (tertiary alicyclic amines) is 1. The van der Waals surface area contributed by atoms with Gasteiger partial charge in [-0.2, -0.15) is 13.2 Å². The Bertz CT molecular complexity index is 1100. The predicted molar refractivity (Wildman–Crippen MR) is 113 cm³/mol. The van der Waals surface area contributed by atoms with Crippen molar-refractivity contribution >= 4 is 5.91 Å². The highest BCUT2D eigenvalue weighted by Gasteiger charge is 2.42. The van der Waals surface area contributed by atoms with Crippen LogP contribution in [0.25, 0.3) is 5.69 Å². The lowest BCUT2D eigenvalue weighted by Crippen LogP contribution is -2.33. The molecule has 1 N–H and O–H groups in total. The van der Waals surface area contributed by atoms with Gasteiger partial charge in [0.15, 0.2) is 11.4 Å². The summed E-state index contributed by atoms with van der Waals surface area (Å²) in [4.78, 5) is 14.8. The van der Waals surface area contributed by atoms with Gasteiger partial charge in [-0.3, -0.25) is 4.79 Å². The summed E-state index contributed by atoms with van der Waals surface area (Å²) in [7, 11) is 0. The Balaban J connectivity index is 1.38. The molecule has 33 heavy (non-hydrogen) atoms. The third kappa shape index (κ3) is 5.57. The van der Waals surface area contributed by atoms with Gasteiger partial charge in [-0.05, 0) is 49.1 Å². The third-order valence-electron chi connectivity index (χ3n) is 5.69. The van der Waals surface area contributed by atoms with Crippen LogP contribution in [0.1, 0.15) is 28.2 Å². The summed E-state index contributed by atoms with van der Waals surface area (Å²) in [6, 6.07) is 14.6. The van der Waals surface area contributed by atoms with Crippen LogP contribution in [0.15, 0.2) is 54.6 Å². The number of carbonyl (C=O) groups excluding carboxylic acids is 1. The van der Waals surface area contributed by atoms with E-state index in [0.29, 0.717) is 4.68 Å². The van der Waals surface area contributed by atoms with Gasteiger partial charge in [-0.1, -0.05) is 41.6 Å². The minimum Gasteiger partial charge on any atom is -0.350 e. The molecule has 0 saturated carbocycles. The number of nitrogens with zero attached hydrogens (tertiary/aromatic N) is 4. The van der Waals surface area contributed by atoms with Crippen molar-refractivity contribution in [3.05, 3.63) is 77.4 Å². The second-order valence-corrected chi connectivity index (χ2v) is 8.08. The van der Waals surface area contributed by atoms with Crippen molar-refractivity contribution in [1.29, 1.82) is 0 Å². The van der Waals surface area contributed by atoms with E-state index in [2.05, 4.69) is 32.7 Å². The molecule has 1 fully saturated rings. The Morgan fingerprint density at radius 3 is 2.64 bits per heavy atom. The van der Waals surface area contributed by atoms with Gasteiger partial charge >= 0.3 is 6.18 Å². The van der Waals surface area contributed by atoms with Gasteiger partial charge in [-0.15, -0.1) is 5.10 Å². The minimum atomic E-state index is -4.90. The van der Waals surface area contributed by atoms with Crippen molar-refractivity contribution < 1.29 is 22.4 Å². The predicted octanol–water partition coefficient (Wildman–Crippen LogP) is 3.72. The highest BCUT2D eigenvalue weighted by atomic mass is 19.4. The molecule has 0 spiro atoms. The summed E-state index contributed by atoms with van der Waals surface area (Å²) in [6.07, 6.45) is -3.14. The van der Waals surface area contributed by atoms with Gasteiger partial charge in [0.25, 0.3) is 5.91 Å². The van der Waals surface area contributed by atoms with E-state index in [1.54, 1.807) is 0 Å². The van der Waals surface area contributed by atoms with Gasteiger partial charge in [0, 0.05) is 19.6 Å². The van der Waals surface area contributed by atoms with Crippen LogP contribution < -0.4 is 5.32 Å². The number of hydrogen-bond donors (Lipinski definition) is 1. The van der Waals surface area contributed by atoms with E-state index in [-0.39, 0.29) is 18.2 Å². The van der Waals surface area contributed by atoms with E-state index in [9.17, 15) is 22.4 Å². The number of amides is 1. The maximum absolute atomic E-state index is 13.7. The van der Waals surface area contributed by atoms with Gasteiger partial charge in [-0.25, -0.2) is 9.07 Å². The molecule has 174 valence electrons. The zero-order chi connectivity index (χ0) is 23.4. The lowest BCUT2D eigenvalue weighted by Gasteiger charge is -2.16. The standard InChI is InChI=1S/C23H23F4N5O/c24-18-7-4-8-19(13-18)32-21(23(25,26)27)20(29-30-32)22(33)28-14-17-10-12-31(15-17)11-9-16-5-2-1-3-6-16/h1-8,13,17H,9-12,14-15H2,(H,28,33). The van der Waals surface area contributed by atoms with Crippen molar-refractivity contribution in [2.24, 2.45) is 5.92 Å². The first kappa shape index (κ1) is 22.9. The molecule has 0 radical (unpaired) electrons. The summed E-state index contributed by atoms with van der Waals surface area (Å²) in [6.45, 7) is 2.76. The number of halogens is 4. The number of aromatic nitrogens is 3. The Kier molecular flexibility index (Phi) is 6.73. The highest BCUT2D eigenvalue weighted by Crippen LogP contribution is 2.33. The van der Waals surface area contributed by atoms with Gasteiger partial charge in [0.1, 0.15) is 5.82 Å². The summed E-state index contributed by atoms with van der Waals surface area (Å²) < 4.78 is 55.1. The maximum atomic E-state index is 13.7. The van der Waals surface area contributed by atoms with Crippen molar-refractivity contribution in [3.8, 4) is 5.69 Å². The summed E-state index contributed by atoms with van der Waals surface area (Å²) in [5.41, 5.74) is -1.08. The fourth-order valence-electron chi connectivity index (χ4n) is 4.01. The van der Waals surface area contributed by atoms with Crippen LogP contribution in [0.5, 0.6) is 0 Å². The van der Waals surface area contributed by atoms with Gasteiger partial charge in [0.2, 0.25) is 0 Å². The average Bonchev–Trinajstić information content (AvgIpc) is 3.44. The molecule has 1 aliphatic heterocycles.